The Morgan fingerprint density at radius 1 is 0.882 bits per heavy atom. The summed E-state index contributed by atoms with van der Waals surface area (Å²) in [6.45, 7) is 4.46. The van der Waals surface area contributed by atoms with E-state index < -0.39 is 0 Å². The van der Waals surface area contributed by atoms with Crippen molar-refractivity contribution in [1.29, 1.82) is 0 Å². The SMILES string of the molecule is CC(C)Cc1cccc(Cc2ccccc2)n1. The highest BCUT2D eigenvalue weighted by molar-refractivity contribution is 5.22. The molecule has 0 N–H and O–H groups in total. The molecule has 0 aliphatic heterocycles. The summed E-state index contributed by atoms with van der Waals surface area (Å²) in [5.41, 5.74) is 3.68. The second-order valence-electron chi connectivity index (χ2n) is 4.88. The Kier molecular flexibility index (Phi) is 3.92. The summed E-state index contributed by atoms with van der Waals surface area (Å²) in [6, 6.07) is 16.8. The highest BCUT2D eigenvalue weighted by Crippen LogP contribution is 2.10. The van der Waals surface area contributed by atoms with Crippen LogP contribution in [0.25, 0.3) is 0 Å². The molecule has 1 aromatic heterocycles. The van der Waals surface area contributed by atoms with E-state index >= 15 is 0 Å². The summed E-state index contributed by atoms with van der Waals surface area (Å²) in [4.78, 5) is 4.71. The van der Waals surface area contributed by atoms with Crippen LogP contribution in [-0.2, 0) is 12.8 Å². The number of benzene rings is 1. The molecule has 0 fully saturated rings. The first kappa shape index (κ1) is 11.8. The zero-order chi connectivity index (χ0) is 12.1. The molecule has 1 heteroatoms. The number of nitrogens with zero attached hydrogens (tertiary/aromatic N) is 1. The van der Waals surface area contributed by atoms with Crippen molar-refractivity contribution in [3.05, 3.63) is 65.5 Å². The smallest absolute Gasteiger partial charge is 0.0450 e. The van der Waals surface area contributed by atoms with Crippen molar-refractivity contribution in [2.45, 2.75) is 26.7 Å². The highest BCUT2D eigenvalue weighted by atomic mass is 14.7. The Bertz CT molecular complexity index is 460. The van der Waals surface area contributed by atoms with E-state index in [4.69, 9.17) is 4.98 Å². The predicted octanol–water partition coefficient (Wildman–Crippen LogP) is 3.87. The molecule has 0 unspecified atom stereocenters. The molecule has 0 bridgehead atoms. The van der Waals surface area contributed by atoms with Gasteiger partial charge >= 0.3 is 0 Å². The second-order valence-corrected chi connectivity index (χ2v) is 4.88. The van der Waals surface area contributed by atoms with Gasteiger partial charge in [-0.15, -0.1) is 0 Å². The van der Waals surface area contributed by atoms with Crippen LogP contribution in [0.3, 0.4) is 0 Å². The van der Waals surface area contributed by atoms with Crippen molar-refractivity contribution in [2.24, 2.45) is 5.92 Å². The Morgan fingerprint density at radius 2 is 1.59 bits per heavy atom. The summed E-state index contributed by atoms with van der Waals surface area (Å²) in [5.74, 6) is 0.662. The number of rotatable bonds is 4. The fourth-order valence-corrected chi connectivity index (χ4v) is 1.96. The van der Waals surface area contributed by atoms with E-state index in [1.807, 2.05) is 6.07 Å². The van der Waals surface area contributed by atoms with Gasteiger partial charge in [0.05, 0.1) is 0 Å². The molecular formula is C16H19N. The van der Waals surface area contributed by atoms with Gasteiger partial charge in [0.15, 0.2) is 0 Å². The van der Waals surface area contributed by atoms with E-state index in [0.717, 1.165) is 18.5 Å². The van der Waals surface area contributed by atoms with Gasteiger partial charge in [-0.05, 0) is 30.0 Å². The summed E-state index contributed by atoms with van der Waals surface area (Å²) in [7, 11) is 0. The summed E-state index contributed by atoms with van der Waals surface area (Å²) < 4.78 is 0. The van der Waals surface area contributed by atoms with Crippen LogP contribution in [-0.4, -0.2) is 4.98 Å². The lowest BCUT2D eigenvalue weighted by atomic mass is 10.1. The minimum atomic E-state index is 0.662. The average molecular weight is 225 g/mol. The molecule has 17 heavy (non-hydrogen) atoms. The molecule has 2 aromatic rings. The number of pyridine rings is 1. The van der Waals surface area contributed by atoms with Crippen molar-refractivity contribution >= 4 is 0 Å². The van der Waals surface area contributed by atoms with Gasteiger partial charge in [-0.3, -0.25) is 4.98 Å². The molecular weight excluding hydrogens is 206 g/mol. The fraction of sp³-hybridized carbons (Fsp3) is 0.312. The average Bonchev–Trinajstić information content (AvgIpc) is 2.30. The number of hydrogen-bond donors (Lipinski definition) is 0. The zero-order valence-corrected chi connectivity index (χ0v) is 10.6. The molecule has 0 amide bonds. The number of aromatic nitrogens is 1. The first-order valence-electron chi connectivity index (χ1n) is 6.23. The monoisotopic (exact) mass is 225 g/mol. The Morgan fingerprint density at radius 3 is 2.29 bits per heavy atom. The van der Waals surface area contributed by atoms with E-state index in [1.165, 1.54) is 11.3 Å². The molecule has 0 saturated carbocycles. The van der Waals surface area contributed by atoms with Crippen LogP contribution in [0, 0.1) is 5.92 Å². The van der Waals surface area contributed by atoms with Crippen LogP contribution < -0.4 is 0 Å². The lowest BCUT2D eigenvalue weighted by molar-refractivity contribution is 0.633. The quantitative estimate of drug-likeness (QED) is 0.769. The van der Waals surface area contributed by atoms with Crippen LogP contribution in [0.1, 0.15) is 30.8 Å². The maximum absolute atomic E-state index is 4.71. The molecule has 0 spiro atoms. The summed E-state index contributed by atoms with van der Waals surface area (Å²) in [5, 5.41) is 0. The van der Waals surface area contributed by atoms with E-state index in [9.17, 15) is 0 Å². The Hall–Kier alpha value is -1.63. The highest BCUT2D eigenvalue weighted by Gasteiger charge is 2.01. The molecule has 88 valence electrons. The van der Waals surface area contributed by atoms with Gasteiger partial charge in [0.1, 0.15) is 0 Å². The summed E-state index contributed by atoms with van der Waals surface area (Å²) >= 11 is 0. The minimum absolute atomic E-state index is 0.662. The van der Waals surface area contributed by atoms with E-state index in [0.29, 0.717) is 5.92 Å². The van der Waals surface area contributed by atoms with E-state index in [2.05, 4.69) is 56.3 Å². The topological polar surface area (TPSA) is 12.9 Å². The first-order valence-corrected chi connectivity index (χ1v) is 6.23. The van der Waals surface area contributed by atoms with Gasteiger partial charge in [-0.2, -0.15) is 0 Å². The van der Waals surface area contributed by atoms with Crippen molar-refractivity contribution in [2.75, 3.05) is 0 Å². The lowest BCUT2D eigenvalue weighted by Crippen LogP contribution is -2.00. The van der Waals surface area contributed by atoms with E-state index in [-0.39, 0.29) is 0 Å². The maximum Gasteiger partial charge on any atom is 0.0450 e. The first-order chi connectivity index (χ1) is 8.24. The standard InChI is InChI=1S/C16H19N/c1-13(2)11-15-9-6-10-16(17-15)12-14-7-4-3-5-8-14/h3-10,13H,11-12H2,1-2H3. The van der Waals surface area contributed by atoms with Crippen molar-refractivity contribution in [3.8, 4) is 0 Å². The van der Waals surface area contributed by atoms with Crippen LogP contribution in [0.2, 0.25) is 0 Å². The van der Waals surface area contributed by atoms with Crippen molar-refractivity contribution in [1.82, 2.24) is 4.98 Å². The lowest BCUT2D eigenvalue weighted by Gasteiger charge is -2.06. The maximum atomic E-state index is 4.71. The molecule has 1 nitrogen and oxygen atoms in total. The van der Waals surface area contributed by atoms with Gasteiger partial charge < -0.3 is 0 Å². The van der Waals surface area contributed by atoms with Gasteiger partial charge in [-0.1, -0.05) is 50.2 Å². The Labute approximate surface area is 104 Å². The largest absolute Gasteiger partial charge is 0.258 e. The fourth-order valence-electron chi connectivity index (χ4n) is 1.96. The van der Waals surface area contributed by atoms with Gasteiger partial charge in [-0.25, -0.2) is 0 Å². The molecule has 0 atom stereocenters. The van der Waals surface area contributed by atoms with Gasteiger partial charge in [0, 0.05) is 17.8 Å². The third-order valence-electron chi connectivity index (χ3n) is 2.71. The predicted molar refractivity (Wildman–Crippen MR) is 72.0 cm³/mol. The summed E-state index contributed by atoms with van der Waals surface area (Å²) in [6.07, 6.45) is 1.98. The number of hydrogen-bond acceptors (Lipinski definition) is 1. The van der Waals surface area contributed by atoms with Crippen LogP contribution in [0.15, 0.2) is 48.5 Å². The molecule has 0 aliphatic carbocycles. The Balaban J connectivity index is 2.11. The molecule has 0 aliphatic rings. The third-order valence-corrected chi connectivity index (χ3v) is 2.71. The zero-order valence-electron chi connectivity index (χ0n) is 10.6. The van der Waals surface area contributed by atoms with Crippen LogP contribution in [0.4, 0.5) is 0 Å². The van der Waals surface area contributed by atoms with Gasteiger partial charge in [0.25, 0.3) is 0 Å². The van der Waals surface area contributed by atoms with E-state index in [1.54, 1.807) is 0 Å². The molecule has 1 heterocycles. The molecule has 0 saturated heterocycles. The van der Waals surface area contributed by atoms with Gasteiger partial charge in [0.2, 0.25) is 0 Å². The molecule has 2 rings (SSSR count). The van der Waals surface area contributed by atoms with Crippen LogP contribution in [0.5, 0.6) is 0 Å². The van der Waals surface area contributed by atoms with Crippen molar-refractivity contribution < 1.29 is 0 Å². The van der Waals surface area contributed by atoms with Crippen LogP contribution >= 0.6 is 0 Å². The van der Waals surface area contributed by atoms with Crippen molar-refractivity contribution in [3.63, 3.8) is 0 Å². The molecule has 1 aromatic carbocycles. The normalized spacial score (nSPS) is 10.8. The second kappa shape index (κ2) is 5.62. The molecule has 0 radical (unpaired) electrons. The minimum Gasteiger partial charge on any atom is -0.258 e. The third kappa shape index (κ3) is 3.70.